The Balaban J connectivity index is 1.96. The Hall–Kier alpha value is -2.14. The van der Waals surface area contributed by atoms with Gasteiger partial charge in [-0.15, -0.1) is 0 Å². The van der Waals surface area contributed by atoms with Crippen LogP contribution in [0.15, 0.2) is 42.6 Å². The summed E-state index contributed by atoms with van der Waals surface area (Å²) in [7, 11) is -1.60. The lowest BCUT2D eigenvalue weighted by Crippen LogP contribution is -2.29. The number of hydrogen-bond donors (Lipinski definition) is 0. The van der Waals surface area contributed by atoms with Crippen LogP contribution in [0.4, 0.5) is 0 Å². The molecule has 0 fully saturated rings. The van der Waals surface area contributed by atoms with Crippen molar-refractivity contribution in [2.24, 2.45) is 0 Å². The van der Waals surface area contributed by atoms with Crippen LogP contribution in [0.5, 0.6) is 5.75 Å². The Morgan fingerprint density at radius 3 is 2.32 bits per heavy atom. The van der Waals surface area contributed by atoms with Gasteiger partial charge < -0.3 is 9.16 Å². The minimum absolute atomic E-state index is 0.0576. The maximum absolute atomic E-state index is 10.9. The molecule has 0 saturated carbocycles. The first-order chi connectivity index (χ1) is 11.7. The molecule has 1 heterocycles. The van der Waals surface area contributed by atoms with Crippen LogP contribution >= 0.6 is 0 Å². The molecular formula is C20H27NO3Si. The topological polar surface area (TPSA) is 48.4 Å². The van der Waals surface area contributed by atoms with Gasteiger partial charge in [0, 0.05) is 12.5 Å². The second kappa shape index (κ2) is 8.29. The van der Waals surface area contributed by atoms with E-state index in [2.05, 4.69) is 48.9 Å². The van der Waals surface area contributed by atoms with Crippen LogP contribution in [0.25, 0.3) is 11.3 Å². The summed E-state index contributed by atoms with van der Waals surface area (Å²) in [5, 5.41) is 0. The SMILES string of the molecule is CC(=O)OC(C)CCc1ccc(-c2ccc(O[Si](C)(C)C)cn2)cc1. The Kier molecular flexibility index (Phi) is 6.37. The van der Waals surface area contributed by atoms with Gasteiger partial charge in [-0.3, -0.25) is 9.78 Å². The normalized spacial score (nSPS) is 12.5. The van der Waals surface area contributed by atoms with Crippen molar-refractivity contribution in [3.8, 4) is 17.0 Å². The van der Waals surface area contributed by atoms with Crippen LogP contribution < -0.4 is 4.43 Å². The predicted octanol–water partition coefficient (Wildman–Crippen LogP) is 4.85. The molecule has 0 aliphatic rings. The van der Waals surface area contributed by atoms with Gasteiger partial charge in [-0.2, -0.15) is 0 Å². The standard InChI is InChI=1S/C20H27NO3Si/c1-15(23-16(2)22)6-7-17-8-10-18(11-9-17)20-13-12-19(14-21-20)24-25(3,4)5/h8-15H,6-7H2,1-5H3. The van der Waals surface area contributed by atoms with E-state index in [0.717, 1.165) is 29.8 Å². The number of carbonyl (C=O) groups excluding carboxylic acids is 1. The van der Waals surface area contributed by atoms with Crippen molar-refractivity contribution in [1.82, 2.24) is 4.98 Å². The van der Waals surface area contributed by atoms with E-state index in [4.69, 9.17) is 9.16 Å². The van der Waals surface area contributed by atoms with Crippen LogP contribution in [0, 0.1) is 0 Å². The molecule has 1 atom stereocenters. The van der Waals surface area contributed by atoms with Crippen molar-refractivity contribution < 1.29 is 14.0 Å². The van der Waals surface area contributed by atoms with Crippen molar-refractivity contribution in [1.29, 1.82) is 0 Å². The van der Waals surface area contributed by atoms with Crippen LogP contribution in [0.2, 0.25) is 19.6 Å². The third kappa shape index (κ3) is 6.70. The number of nitrogens with zero attached hydrogens (tertiary/aromatic N) is 1. The Morgan fingerprint density at radius 2 is 1.80 bits per heavy atom. The molecule has 2 aromatic rings. The summed E-state index contributed by atoms with van der Waals surface area (Å²) in [6.07, 6.45) is 3.44. The average Bonchev–Trinajstić information content (AvgIpc) is 2.52. The number of aromatic nitrogens is 1. The third-order valence-corrected chi connectivity index (χ3v) is 4.46. The van der Waals surface area contributed by atoms with Gasteiger partial charge in [0.05, 0.1) is 18.0 Å². The van der Waals surface area contributed by atoms with E-state index in [1.54, 1.807) is 6.20 Å². The molecule has 0 aliphatic heterocycles. The van der Waals surface area contributed by atoms with Gasteiger partial charge in [0.15, 0.2) is 0 Å². The fourth-order valence-electron chi connectivity index (χ4n) is 2.52. The van der Waals surface area contributed by atoms with E-state index in [1.165, 1.54) is 12.5 Å². The van der Waals surface area contributed by atoms with Gasteiger partial charge >= 0.3 is 5.97 Å². The van der Waals surface area contributed by atoms with E-state index in [9.17, 15) is 4.79 Å². The predicted molar refractivity (Wildman–Crippen MR) is 103 cm³/mol. The highest BCUT2D eigenvalue weighted by Gasteiger charge is 2.16. The largest absolute Gasteiger partial charge is 0.543 e. The maximum Gasteiger partial charge on any atom is 0.302 e. The monoisotopic (exact) mass is 357 g/mol. The number of benzene rings is 1. The summed E-state index contributed by atoms with van der Waals surface area (Å²) in [5.74, 6) is 0.606. The molecular weight excluding hydrogens is 330 g/mol. The fraction of sp³-hybridized carbons (Fsp3) is 0.400. The molecule has 0 bridgehead atoms. The molecule has 0 amide bonds. The zero-order valence-electron chi connectivity index (χ0n) is 15.7. The minimum Gasteiger partial charge on any atom is -0.543 e. The fourth-order valence-corrected chi connectivity index (χ4v) is 3.35. The zero-order chi connectivity index (χ0) is 18.4. The number of esters is 1. The van der Waals surface area contributed by atoms with E-state index >= 15 is 0 Å². The quantitative estimate of drug-likeness (QED) is 0.525. The van der Waals surface area contributed by atoms with Gasteiger partial charge in [0.25, 0.3) is 0 Å². The molecule has 25 heavy (non-hydrogen) atoms. The average molecular weight is 358 g/mol. The van der Waals surface area contributed by atoms with Gasteiger partial charge in [-0.25, -0.2) is 0 Å². The summed E-state index contributed by atoms with van der Waals surface area (Å²) in [6.45, 7) is 9.83. The third-order valence-electron chi connectivity index (χ3n) is 3.62. The van der Waals surface area contributed by atoms with Crippen molar-refractivity contribution in [2.75, 3.05) is 0 Å². The summed E-state index contributed by atoms with van der Waals surface area (Å²) < 4.78 is 11.1. The van der Waals surface area contributed by atoms with Crippen LogP contribution in [0.3, 0.4) is 0 Å². The summed E-state index contributed by atoms with van der Waals surface area (Å²) in [5.41, 5.74) is 3.24. The van der Waals surface area contributed by atoms with E-state index < -0.39 is 8.32 Å². The first-order valence-corrected chi connectivity index (χ1v) is 12.1. The van der Waals surface area contributed by atoms with E-state index in [1.807, 2.05) is 19.1 Å². The zero-order valence-corrected chi connectivity index (χ0v) is 16.7. The molecule has 4 nitrogen and oxygen atoms in total. The van der Waals surface area contributed by atoms with Crippen molar-refractivity contribution in [3.05, 3.63) is 48.2 Å². The van der Waals surface area contributed by atoms with Crippen molar-refractivity contribution in [3.63, 3.8) is 0 Å². The molecule has 1 aromatic carbocycles. The number of carbonyl (C=O) groups is 1. The number of aryl methyl sites for hydroxylation is 1. The number of ether oxygens (including phenoxy) is 1. The lowest BCUT2D eigenvalue weighted by molar-refractivity contribution is -0.145. The van der Waals surface area contributed by atoms with Crippen LogP contribution in [-0.2, 0) is 16.0 Å². The molecule has 5 heteroatoms. The molecule has 0 spiro atoms. The molecule has 0 aliphatic carbocycles. The Morgan fingerprint density at radius 1 is 1.12 bits per heavy atom. The number of rotatable bonds is 7. The van der Waals surface area contributed by atoms with E-state index in [-0.39, 0.29) is 12.1 Å². The van der Waals surface area contributed by atoms with Gasteiger partial charge in [0.2, 0.25) is 8.32 Å². The van der Waals surface area contributed by atoms with E-state index in [0.29, 0.717) is 0 Å². The van der Waals surface area contributed by atoms with Gasteiger partial charge in [0.1, 0.15) is 5.75 Å². The lowest BCUT2D eigenvalue weighted by atomic mass is 10.0. The minimum atomic E-state index is -1.60. The van der Waals surface area contributed by atoms with Crippen LogP contribution in [-0.4, -0.2) is 25.4 Å². The maximum atomic E-state index is 10.9. The highest BCUT2D eigenvalue weighted by Crippen LogP contribution is 2.22. The molecule has 0 N–H and O–H groups in total. The van der Waals surface area contributed by atoms with Crippen molar-refractivity contribution in [2.45, 2.75) is 52.4 Å². The molecule has 0 saturated heterocycles. The molecule has 0 radical (unpaired) electrons. The van der Waals surface area contributed by atoms with Gasteiger partial charge in [-0.1, -0.05) is 24.3 Å². The van der Waals surface area contributed by atoms with Crippen LogP contribution in [0.1, 0.15) is 25.8 Å². The number of hydrogen-bond acceptors (Lipinski definition) is 4. The molecule has 134 valence electrons. The second-order valence-electron chi connectivity index (χ2n) is 7.25. The highest BCUT2D eigenvalue weighted by atomic mass is 28.4. The number of pyridine rings is 1. The molecule has 1 aromatic heterocycles. The second-order valence-corrected chi connectivity index (χ2v) is 11.7. The van der Waals surface area contributed by atoms with Gasteiger partial charge in [-0.05, 0) is 57.1 Å². The smallest absolute Gasteiger partial charge is 0.302 e. The molecule has 2 rings (SSSR count). The summed E-state index contributed by atoms with van der Waals surface area (Å²) in [6, 6.07) is 12.3. The first kappa shape index (κ1) is 19.2. The highest BCUT2D eigenvalue weighted by molar-refractivity contribution is 6.70. The summed E-state index contributed by atoms with van der Waals surface area (Å²) in [4.78, 5) is 15.4. The molecule has 1 unspecified atom stereocenters. The Labute approximate surface area is 151 Å². The van der Waals surface area contributed by atoms with Crippen molar-refractivity contribution >= 4 is 14.3 Å². The Bertz CT molecular complexity index is 690. The summed E-state index contributed by atoms with van der Waals surface area (Å²) >= 11 is 0. The first-order valence-electron chi connectivity index (χ1n) is 8.64. The lowest BCUT2D eigenvalue weighted by Gasteiger charge is -2.18.